The Bertz CT molecular complexity index is 333. The first-order chi connectivity index (χ1) is 7.36. The van der Waals surface area contributed by atoms with Crippen LogP contribution in [0.4, 0.5) is 0 Å². The molecule has 0 saturated carbocycles. The van der Waals surface area contributed by atoms with Crippen molar-refractivity contribution in [2.45, 2.75) is 26.4 Å². The van der Waals surface area contributed by atoms with Crippen LogP contribution in [0, 0.1) is 11.8 Å². The van der Waals surface area contributed by atoms with Gasteiger partial charge in [-0.3, -0.25) is 0 Å². The molecule has 0 spiro atoms. The van der Waals surface area contributed by atoms with E-state index in [1.54, 1.807) is 11.3 Å². The van der Waals surface area contributed by atoms with Gasteiger partial charge >= 0.3 is 0 Å². The fourth-order valence-corrected chi connectivity index (χ4v) is 1.81. The molecule has 3 heteroatoms. The van der Waals surface area contributed by atoms with Gasteiger partial charge in [-0.2, -0.15) is 0 Å². The van der Waals surface area contributed by atoms with Crippen molar-refractivity contribution in [3.8, 4) is 11.8 Å². The van der Waals surface area contributed by atoms with Gasteiger partial charge in [-0.25, -0.2) is 0 Å². The first kappa shape index (κ1) is 12.3. The Morgan fingerprint density at radius 1 is 1.53 bits per heavy atom. The van der Waals surface area contributed by atoms with E-state index in [2.05, 4.69) is 18.8 Å². The molecule has 1 aromatic heterocycles. The van der Waals surface area contributed by atoms with Gasteiger partial charge in [-0.1, -0.05) is 18.8 Å². The maximum atomic E-state index is 8.57. The van der Waals surface area contributed by atoms with Gasteiger partial charge in [-0.15, -0.1) is 11.3 Å². The smallest absolute Gasteiger partial charge is 0.0809 e. The van der Waals surface area contributed by atoms with Crippen molar-refractivity contribution in [1.82, 2.24) is 0 Å². The average molecular weight is 224 g/mol. The normalized spacial score (nSPS) is 9.73. The predicted octanol–water partition coefficient (Wildman–Crippen LogP) is 2.41. The van der Waals surface area contributed by atoms with Gasteiger partial charge in [0, 0.05) is 28.8 Å². The highest BCUT2D eigenvalue weighted by atomic mass is 32.1. The van der Waals surface area contributed by atoms with Crippen LogP contribution < -0.4 is 0 Å². The summed E-state index contributed by atoms with van der Waals surface area (Å²) in [7, 11) is 0. The van der Waals surface area contributed by atoms with Crippen LogP contribution >= 0.6 is 11.3 Å². The largest absolute Gasteiger partial charge is 0.395 e. The van der Waals surface area contributed by atoms with Crippen LogP contribution in [0.1, 0.15) is 30.2 Å². The highest BCUT2D eigenvalue weighted by molar-refractivity contribution is 7.10. The molecular formula is C12H16O2S. The third kappa shape index (κ3) is 4.98. The predicted molar refractivity (Wildman–Crippen MR) is 62.8 cm³/mol. The van der Waals surface area contributed by atoms with Crippen molar-refractivity contribution in [1.29, 1.82) is 0 Å². The Hall–Kier alpha value is -0.820. The van der Waals surface area contributed by atoms with Crippen molar-refractivity contribution in [3.63, 3.8) is 0 Å². The summed E-state index contributed by atoms with van der Waals surface area (Å²) in [6.07, 6.45) is 1.59. The van der Waals surface area contributed by atoms with E-state index >= 15 is 0 Å². The standard InChI is InChI=1S/C12H16O2S/c1-2-7-14-9-12-8-11(10-15-12)5-3-4-6-13/h8,10,13H,2,4,6-7,9H2,1H3. The van der Waals surface area contributed by atoms with Crippen LogP contribution in [0.25, 0.3) is 0 Å². The second kappa shape index (κ2) is 7.47. The lowest BCUT2D eigenvalue weighted by Crippen LogP contribution is -1.90. The topological polar surface area (TPSA) is 29.5 Å². The number of hydrogen-bond donors (Lipinski definition) is 1. The molecule has 0 atom stereocenters. The van der Waals surface area contributed by atoms with E-state index in [1.807, 2.05) is 11.4 Å². The molecular weight excluding hydrogens is 208 g/mol. The van der Waals surface area contributed by atoms with E-state index in [9.17, 15) is 0 Å². The molecule has 1 aromatic rings. The van der Waals surface area contributed by atoms with Crippen LogP contribution in [-0.2, 0) is 11.3 Å². The average Bonchev–Trinajstić information content (AvgIpc) is 2.67. The molecule has 0 radical (unpaired) electrons. The zero-order valence-electron chi connectivity index (χ0n) is 8.95. The first-order valence-corrected chi connectivity index (χ1v) is 5.99. The molecule has 0 bridgehead atoms. The van der Waals surface area contributed by atoms with Crippen LogP contribution in [0.2, 0.25) is 0 Å². The van der Waals surface area contributed by atoms with E-state index in [4.69, 9.17) is 9.84 Å². The highest BCUT2D eigenvalue weighted by Crippen LogP contribution is 2.14. The molecule has 82 valence electrons. The summed E-state index contributed by atoms with van der Waals surface area (Å²) in [5.74, 6) is 5.90. The Labute approximate surface area is 94.9 Å². The van der Waals surface area contributed by atoms with E-state index in [1.165, 1.54) is 4.88 Å². The van der Waals surface area contributed by atoms with Gasteiger partial charge in [-0.05, 0) is 12.5 Å². The first-order valence-electron chi connectivity index (χ1n) is 5.11. The number of aliphatic hydroxyl groups excluding tert-OH is 1. The summed E-state index contributed by atoms with van der Waals surface area (Å²) in [6, 6.07) is 2.05. The van der Waals surface area contributed by atoms with Gasteiger partial charge in [0.15, 0.2) is 0 Å². The number of rotatable bonds is 5. The molecule has 2 nitrogen and oxygen atoms in total. The Morgan fingerprint density at radius 2 is 2.40 bits per heavy atom. The number of hydrogen-bond acceptors (Lipinski definition) is 3. The Balaban J connectivity index is 2.39. The van der Waals surface area contributed by atoms with E-state index in [0.717, 1.165) is 18.6 Å². The molecule has 0 aromatic carbocycles. The molecule has 0 amide bonds. The fourth-order valence-electron chi connectivity index (χ4n) is 1.06. The van der Waals surface area contributed by atoms with Crippen molar-refractivity contribution in [2.24, 2.45) is 0 Å². The lowest BCUT2D eigenvalue weighted by molar-refractivity contribution is 0.123. The van der Waals surface area contributed by atoms with Gasteiger partial charge in [0.25, 0.3) is 0 Å². The summed E-state index contributed by atoms with van der Waals surface area (Å²) in [6.45, 7) is 3.72. The number of aliphatic hydroxyl groups is 1. The van der Waals surface area contributed by atoms with Gasteiger partial charge in [0.05, 0.1) is 13.2 Å². The SMILES string of the molecule is CCCOCc1cc(C#CCCO)cs1. The highest BCUT2D eigenvalue weighted by Gasteiger charge is 1.97. The van der Waals surface area contributed by atoms with Crippen LogP contribution in [-0.4, -0.2) is 18.3 Å². The quantitative estimate of drug-likeness (QED) is 0.615. The molecule has 0 aliphatic carbocycles. The molecule has 1 heterocycles. The maximum Gasteiger partial charge on any atom is 0.0809 e. The van der Waals surface area contributed by atoms with Gasteiger partial charge in [0.1, 0.15) is 0 Å². The van der Waals surface area contributed by atoms with Crippen LogP contribution in [0.5, 0.6) is 0 Å². The monoisotopic (exact) mass is 224 g/mol. The van der Waals surface area contributed by atoms with Crippen molar-refractivity contribution >= 4 is 11.3 Å². The minimum absolute atomic E-state index is 0.129. The van der Waals surface area contributed by atoms with E-state index < -0.39 is 0 Å². The van der Waals surface area contributed by atoms with Crippen molar-refractivity contribution in [2.75, 3.05) is 13.2 Å². The molecule has 0 unspecified atom stereocenters. The molecule has 0 saturated heterocycles. The van der Waals surface area contributed by atoms with Crippen LogP contribution in [0.3, 0.4) is 0 Å². The zero-order valence-corrected chi connectivity index (χ0v) is 9.77. The third-order valence-electron chi connectivity index (χ3n) is 1.72. The lowest BCUT2D eigenvalue weighted by atomic mass is 10.3. The Kier molecular flexibility index (Phi) is 6.10. The van der Waals surface area contributed by atoms with E-state index in [-0.39, 0.29) is 6.61 Å². The van der Waals surface area contributed by atoms with Gasteiger partial charge in [0.2, 0.25) is 0 Å². The fraction of sp³-hybridized carbons (Fsp3) is 0.500. The van der Waals surface area contributed by atoms with Crippen molar-refractivity contribution < 1.29 is 9.84 Å². The third-order valence-corrected chi connectivity index (χ3v) is 2.63. The summed E-state index contributed by atoms with van der Waals surface area (Å²) < 4.78 is 5.43. The molecule has 0 aliphatic heterocycles. The Morgan fingerprint density at radius 3 is 3.13 bits per heavy atom. The molecule has 15 heavy (non-hydrogen) atoms. The van der Waals surface area contributed by atoms with Crippen LogP contribution in [0.15, 0.2) is 11.4 Å². The summed E-state index contributed by atoms with van der Waals surface area (Å²) in [5, 5.41) is 10.6. The second-order valence-corrected chi connectivity index (χ2v) is 4.13. The summed E-state index contributed by atoms with van der Waals surface area (Å²) in [4.78, 5) is 1.21. The summed E-state index contributed by atoms with van der Waals surface area (Å²) in [5.41, 5.74) is 1.02. The lowest BCUT2D eigenvalue weighted by Gasteiger charge is -1.97. The number of ether oxygens (including phenoxy) is 1. The van der Waals surface area contributed by atoms with Gasteiger partial charge < -0.3 is 9.84 Å². The molecule has 1 rings (SSSR count). The number of thiophene rings is 1. The molecule has 0 aliphatic rings. The van der Waals surface area contributed by atoms with E-state index in [0.29, 0.717) is 13.0 Å². The van der Waals surface area contributed by atoms with Crippen molar-refractivity contribution in [3.05, 3.63) is 21.9 Å². The summed E-state index contributed by atoms with van der Waals surface area (Å²) >= 11 is 1.67. The minimum atomic E-state index is 0.129. The molecule has 0 fully saturated rings. The second-order valence-electron chi connectivity index (χ2n) is 3.13. The zero-order chi connectivity index (χ0) is 10.9. The minimum Gasteiger partial charge on any atom is -0.395 e. The maximum absolute atomic E-state index is 8.57. The molecule has 1 N–H and O–H groups in total.